The van der Waals surface area contributed by atoms with Gasteiger partial charge in [0, 0.05) is 11.6 Å². The van der Waals surface area contributed by atoms with Crippen molar-refractivity contribution in [3.05, 3.63) is 46.5 Å². The van der Waals surface area contributed by atoms with Crippen molar-refractivity contribution >= 4 is 11.6 Å². The molecule has 1 aromatic carbocycles. The topological polar surface area (TPSA) is 12.0 Å². The van der Waals surface area contributed by atoms with E-state index in [0.29, 0.717) is 18.5 Å². The van der Waals surface area contributed by atoms with Gasteiger partial charge in [0.25, 0.3) is 0 Å². The minimum Gasteiger partial charge on any atom is -0.310 e. The van der Waals surface area contributed by atoms with E-state index in [1.165, 1.54) is 6.07 Å². The summed E-state index contributed by atoms with van der Waals surface area (Å²) in [6, 6.07) is 1.97. The maximum atomic E-state index is 13.8. The second-order valence-corrected chi connectivity index (χ2v) is 4.80. The summed E-state index contributed by atoms with van der Waals surface area (Å²) in [5.74, 6) is -1.07. The molecule has 0 amide bonds. The van der Waals surface area contributed by atoms with Gasteiger partial charge in [-0.05, 0) is 38.4 Å². The first-order chi connectivity index (χ1) is 8.45. The fraction of sp³-hybridized carbons (Fsp3) is 0.429. The van der Waals surface area contributed by atoms with E-state index < -0.39 is 11.6 Å². The lowest BCUT2D eigenvalue weighted by molar-refractivity contribution is 0.479. The monoisotopic (exact) mass is 273 g/mol. The fourth-order valence-corrected chi connectivity index (χ4v) is 1.96. The van der Waals surface area contributed by atoms with E-state index in [4.69, 9.17) is 11.6 Å². The molecule has 0 spiro atoms. The predicted octanol–water partition coefficient (Wildman–Crippen LogP) is 4.63. The molecule has 4 heteroatoms. The molecule has 100 valence electrons. The molecule has 0 radical (unpaired) electrons. The molecular formula is C14H18ClF2N. The molecule has 0 bridgehead atoms. The Balaban J connectivity index is 2.97. The lowest BCUT2D eigenvalue weighted by Crippen LogP contribution is -2.22. The summed E-state index contributed by atoms with van der Waals surface area (Å²) in [6.07, 6.45) is 1.45. The Kier molecular flexibility index (Phi) is 5.76. The number of hydrogen-bond donors (Lipinski definition) is 1. The summed E-state index contributed by atoms with van der Waals surface area (Å²) >= 11 is 5.55. The number of halogens is 3. The molecule has 18 heavy (non-hydrogen) atoms. The molecule has 1 atom stereocenters. The van der Waals surface area contributed by atoms with Crippen molar-refractivity contribution in [2.75, 3.05) is 6.54 Å². The first-order valence-electron chi connectivity index (χ1n) is 5.98. The molecule has 0 aliphatic rings. The van der Waals surface area contributed by atoms with Crippen LogP contribution in [0.3, 0.4) is 0 Å². The van der Waals surface area contributed by atoms with Crippen LogP contribution in [0.1, 0.15) is 38.3 Å². The van der Waals surface area contributed by atoms with Crippen molar-refractivity contribution in [3.8, 4) is 0 Å². The molecule has 0 aliphatic heterocycles. The van der Waals surface area contributed by atoms with Crippen LogP contribution >= 0.6 is 11.6 Å². The van der Waals surface area contributed by atoms with Crippen LogP contribution in [0.25, 0.3) is 0 Å². The number of hydrogen-bond acceptors (Lipinski definition) is 1. The van der Waals surface area contributed by atoms with Gasteiger partial charge in [0.05, 0.1) is 5.02 Å². The van der Waals surface area contributed by atoms with E-state index in [2.05, 4.69) is 11.9 Å². The molecule has 0 saturated heterocycles. The van der Waals surface area contributed by atoms with Gasteiger partial charge in [0.2, 0.25) is 0 Å². The fourth-order valence-electron chi connectivity index (χ4n) is 1.81. The predicted molar refractivity (Wildman–Crippen MR) is 71.8 cm³/mol. The van der Waals surface area contributed by atoms with Gasteiger partial charge < -0.3 is 5.32 Å². The number of nitrogens with one attached hydrogen (secondary N) is 1. The third kappa shape index (κ3) is 4.07. The molecule has 0 aromatic heterocycles. The quantitative estimate of drug-likeness (QED) is 0.589. The molecule has 0 heterocycles. The smallest absolute Gasteiger partial charge is 0.142 e. The Morgan fingerprint density at radius 3 is 2.61 bits per heavy atom. The van der Waals surface area contributed by atoms with Crippen LogP contribution in [0.5, 0.6) is 0 Å². The van der Waals surface area contributed by atoms with Crippen LogP contribution in [0.2, 0.25) is 5.02 Å². The van der Waals surface area contributed by atoms with E-state index in [9.17, 15) is 8.78 Å². The standard InChI is InChI=1S/C14H18ClF2N/c1-4-18-14(6-5-9(2)3)10-7-13(17)11(15)8-12(10)16/h7-8,14,18H,2,4-6H2,1,3H3. The van der Waals surface area contributed by atoms with Gasteiger partial charge in [-0.25, -0.2) is 8.78 Å². The highest BCUT2D eigenvalue weighted by atomic mass is 35.5. The number of allylic oxidation sites excluding steroid dienone is 1. The van der Waals surface area contributed by atoms with Crippen LogP contribution in [-0.4, -0.2) is 6.54 Å². The summed E-state index contributed by atoms with van der Waals surface area (Å²) in [7, 11) is 0. The van der Waals surface area contributed by atoms with Crippen molar-refractivity contribution in [1.29, 1.82) is 0 Å². The second kappa shape index (κ2) is 6.86. The summed E-state index contributed by atoms with van der Waals surface area (Å²) in [5, 5.41) is 2.96. The van der Waals surface area contributed by atoms with Crippen molar-refractivity contribution in [2.45, 2.75) is 32.7 Å². The van der Waals surface area contributed by atoms with E-state index in [0.717, 1.165) is 18.1 Å². The minimum absolute atomic E-state index is 0.189. The van der Waals surface area contributed by atoms with Gasteiger partial charge in [-0.2, -0.15) is 0 Å². The van der Waals surface area contributed by atoms with E-state index in [1.54, 1.807) is 0 Å². The SMILES string of the molecule is C=C(C)CCC(NCC)c1cc(F)c(Cl)cc1F. The van der Waals surface area contributed by atoms with Crippen LogP contribution < -0.4 is 5.32 Å². The normalized spacial score (nSPS) is 12.5. The third-order valence-electron chi connectivity index (χ3n) is 2.73. The Morgan fingerprint density at radius 2 is 2.06 bits per heavy atom. The summed E-state index contributed by atoms with van der Waals surface area (Å²) in [4.78, 5) is 0. The minimum atomic E-state index is -0.591. The number of benzene rings is 1. The Morgan fingerprint density at radius 1 is 1.39 bits per heavy atom. The molecule has 1 rings (SSSR count). The highest BCUT2D eigenvalue weighted by Crippen LogP contribution is 2.27. The zero-order valence-electron chi connectivity index (χ0n) is 10.7. The van der Waals surface area contributed by atoms with E-state index >= 15 is 0 Å². The van der Waals surface area contributed by atoms with Crippen molar-refractivity contribution in [3.63, 3.8) is 0 Å². The zero-order chi connectivity index (χ0) is 13.7. The van der Waals surface area contributed by atoms with E-state index in [-0.39, 0.29) is 11.1 Å². The average molecular weight is 274 g/mol. The summed E-state index contributed by atoms with van der Waals surface area (Å²) in [6.45, 7) is 8.35. The average Bonchev–Trinajstić information content (AvgIpc) is 2.29. The van der Waals surface area contributed by atoms with Crippen molar-refractivity contribution in [1.82, 2.24) is 5.32 Å². The van der Waals surface area contributed by atoms with Crippen molar-refractivity contribution in [2.24, 2.45) is 0 Å². The molecular weight excluding hydrogens is 256 g/mol. The Bertz CT molecular complexity index is 432. The van der Waals surface area contributed by atoms with Crippen molar-refractivity contribution < 1.29 is 8.78 Å². The Labute approximate surface area is 112 Å². The molecule has 1 aromatic rings. The first kappa shape index (κ1) is 15.1. The highest BCUT2D eigenvalue weighted by Gasteiger charge is 2.17. The summed E-state index contributed by atoms with van der Waals surface area (Å²) < 4.78 is 27.2. The van der Waals surface area contributed by atoms with Gasteiger partial charge in [0.1, 0.15) is 11.6 Å². The van der Waals surface area contributed by atoms with Gasteiger partial charge >= 0.3 is 0 Å². The van der Waals surface area contributed by atoms with Gasteiger partial charge in [-0.3, -0.25) is 0 Å². The lowest BCUT2D eigenvalue weighted by Gasteiger charge is -2.19. The molecule has 0 aliphatic carbocycles. The van der Waals surface area contributed by atoms with Gasteiger partial charge in [0.15, 0.2) is 0 Å². The third-order valence-corrected chi connectivity index (χ3v) is 3.01. The molecule has 1 nitrogen and oxygen atoms in total. The van der Waals surface area contributed by atoms with Gasteiger partial charge in [-0.15, -0.1) is 6.58 Å². The largest absolute Gasteiger partial charge is 0.310 e. The Hall–Kier alpha value is -0.930. The maximum Gasteiger partial charge on any atom is 0.142 e. The van der Waals surface area contributed by atoms with Gasteiger partial charge in [-0.1, -0.05) is 24.1 Å². The first-order valence-corrected chi connectivity index (χ1v) is 6.35. The van der Waals surface area contributed by atoms with E-state index in [1.807, 2.05) is 13.8 Å². The highest BCUT2D eigenvalue weighted by molar-refractivity contribution is 6.30. The van der Waals surface area contributed by atoms with Crippen LogP contribution in [0, 0.1) is 11.6 Å². The molecule has 0 fully saturated rings. The maximum absolute atomic E-state index is 13.8. The van der Waals surface area contributed by atoms with Crippen LogP contribution in [0.15, 0.2) is 24.3 Å². The zero-order valence-corrected chi connectivity index (χ0v) is 11.5. The summed E-state index contributed by atoms with van der Waals surface area (Å²) in [5.41, 5.74) is 1.34. The number of rotatable bonds is 6. The van der Waals surface area contributed by atoms with Crippen LogP contribution in [-0.2, 0) is 0 Å². The second-order valence-electron chi connectivity index (χ2n) is 4.39. The van der Waals surface area contributed by atoms with Crippen LogP contribution in [0.4, 0.5) is 8.78 Å². The molecule has 1 N–H and O–H groups in total. The molecule has 1 unspecified atom stereocenters. The molecule has 0 saturated carbocycles. The lowest BCUT2D eigenvalue weighted by atomic mass is 9.99.